The summed E-state index contributed by atoms with van der Waals surface area (Å²) < 4.78 is 64.4. The van der Waals surface area contributed by atoms with Crippen LogP contribution >= 0.6 is 0 Å². The molecule has 1 aromatic rings. The van der Waals surface area contributed by atoms with Gasteiger partial charge in [0.05, 0.1) is 19.3 Å². The number of piperidine rings is 1. The Morgan fingerprint density at radius 1 is 1.11 bits per heavy atom. The van der Waals surface area contributed by atoms with E-state index in [9.17, 15) is 41.4 Å². The molecule has 1 fully saturated rings. The molecule has 1 atom stereocenters. The summed E-state index contributed by atoms with van der Waals surface area (Å²) >= 11 is 0. The van der Waals surface area contributed by atoms with Crippen molar-refractivity contribution >= 4 is 39.4 Å². The lowest BCUT2D eigenvalue weighted by Gasteiger charge is -2.34. The number of rotatable bonds is 15. The van der Waals surface area contributed by atoms with Gasteiger partial charge in [-0.15, -0.1) is 0 Å². The molecule has 1 saturated heterocycles. The standard InChI is InChI=1S/C31H45F3N4O6S/c1-22-18-25(38(24(3)40)20-26(41)21-39)19-23(2)27(22)11-17-45(43,44)37-15-13-30(14-16-37)29(42)35-28(36-30)10-8-6-4-5-7-9-12-31(32,33)34/h11,17-19,26,39,41H,4-10,12-16,20-21H2,1-3H3,(H,35,36,42)/t26-/m0/s1. The van der Waals surface area contributed by atoms with Crippen LogP contribution in [0.5, 0.6) is 0 Å². The Balaban J connectivity index is 1.55. The Morgan fingerprint density at radius 3 is 2.24 bits per heavy atom. The molecule has 2 aliphatic rings. The van der Waals surface area contributed by atoms with Gasteiger partial charge in [-0.05, 0) is 74.4 Å². The molecule has 252 valence electrons. The minimum absolute atomic E-state index is 0.0781. The van der Waals surface area contributed by atoms with Gasteiger partial charge in [-0.25, -0.2) is 8.42 Å². The van der Waals surface area contributed by atoms with Crippen molar-refractivity contribution in [3.8, 4) is 0 Å². The maximum Gasteiger partial charge on any atom is 0.389 e. The highest BCUT2D eigenvalue weighted by molar-refractivity contribution is 7.92. The molecule has 0 bridgehead atoms. The van der Waals surface area contributed by atoms with Crippen LogP contribution in [0, 0.1) is 13.8 Å². The summed E-state index contributed by atoms with van der Waals surface area (Å²) in [6.45, 7) is 4.64. The number of hydrogen-bond donors (Lipinski definition) is 3. The molecular formula is C31H45F3N4O6S. The summed E-state index contributed by atoms with van der Waals surface area (Å²) in [6.07, 6.45) is 0.458. The number of amidine groups is 1. The number of halogens is 3. The molecule has 2 amide bonds. The number of carbonyl (C=O) groups excluding carboxylic acids is 2. The van der Waals surface area contributed by atoms with Gasteiger partial charge >= 0.3 is 6.18 Å². The molecule has 0 aromatic heterocycles. The fraction of sp³-hybridized carbons (Fsp3) is 0.645. The highest BCUT2D eigenvalue weighted by Gasteiger charge is 2.46. The zero-order chi connectivity index (χ0) is 33.4. The van der Waals surface area contributed by atoms with Crippen LogP contribution in [0.2, 0.25) is 0 Å². The predicted molar refractivity (Wildman–Crippen MR) is 167 cm³/mol. The van der Waals surface area contributed by atoms with Crippen LogP contribution in [-0.4, -0.2) is 84.6 Å². The summed E-state index contributed by atoms with van der Waals surface area (Å²) in [5, 5.41) is 23.0. The highest BCUT2D eigenvalue weighted by Crippen LogP contribution is 2.33. The van der Waals surface area contributed by atoms with Crippen LogP contribution in [0.25, 0.3) is 6.08 Å². The van der Waals surface area contributed by atoms with Gasteiger partial charge < -0.3 is 20.4 Å². The van der Waals surface area contributed by atoms with Gasteiger partial charge in [-0.3, -0.25) is 14.6 Å². The third-order valence-electron chi connectivity index (χ3n) is 8.34. The summed E-state index contributed by atoms with van der Waals surface area (Å²) in [6, 6.07) is 3.45. The fourth-order valence-corrected chi connectivity index (χ4v) is 6.94. The van der Waals surface area contributed by atoms with Crippen molar-refractivity contribution in [3.05, 3.63) is 34.2 Å². The normalized spacial score (nSPS) is 18.0. The lowest BCUT2D eigenvalue weighted by molar-refractivity contribution is -0.135. The van der Waals surface area contributed by atoms with Crippen LogP contribution < -0.4 is 10.2 Å². The average Bonchev–Trinajstić information content (AvgIpc) is 3.25. The van der Waals surface area contributed by atoms with E-state index in [1.54, 1.807) is 26.0 Å². The first-order valence-electron chi connectivity index (χ1n) is 15.4. The number of amides is 2. The van der Waals surface area contributed by atoms with E-state index in [0.717, 1.165) is 42.2 Å². The number of nitrogens with zero attached hydrogens (tertiary/aromatic N) is 3. The van der Waals surface area contributed by atoms with Gasteiger partial charge in [0.25, 0.3) is 5.91 Å². The van der Waals surface area contributed by atoms with E-state index in [-0.39, 0.29) is 50.7 Å². The SMILES string of the molecule is CC(=O)N(C[C@H](O)CO)c1cc(C)c(C=CS(=O)(=O)N2CCC3(CC2)N=C(CCCCCCCCC(F)(F)F)NC3=O)c(C)c1. The molecule has 10 nitrogen and oxygen atoms in total. The van der Waals surface area contributed by atoms with E-state index in [1.165, 1.54) is 22.2 Å². The number of sulfonamides is 1. The van der Waals surface area contributed by atoms with Crippen molar-refractivity contribution in [1.29, 1.82) is 0 Å². The average molecular weight is 659 g/mol. The van der Waals surface area contributed by atoms with Crippen molar-refractivity contribution in [2.45, 2.75) is 103 Å². The van der Waals surface area contributed by atoms with Gasteiger partial charge in [0.15, 0.2) is 0 Å². The number of benzene rings is 1. The van der Waals surface area contributed by atoms with E-state index in [4.69, 9.17) is 0 Å². The molecule has 1 spiro atoms. The molecule has 1 aromatic carbocycles. The number of hydrogen-bond acceptors (Lipinski definition) is 7. The van der Waals surface area contributed by atoms with E-state index in [1.807, 2.05) is 0 Å². The molecule has 3 rings (SSSR count). The lowest BCUT2D eigenvalue weighted by Crippen LogP contribution is -2.50. The van der Waals surface area contributed by atoms with Crippen molar-refractivity contribution in [2.24, 2.45) is 4.99 Å². The Bertz CT molecular complexity index is 1350. The number of aliphatic hydroxyl groups excluding tert-OH is 2. The van der Waals surface area contributed by atoms with Crippen LogP contribution in [0.4, 0.5) is 18.9 Å². The minimum Gasteiger partial charge on any atom is -0.394 e. The van der Waals surface area contributed by atoms with Crippen LogP contribution in [0.1, 0.15) is 87.8 Å². The Kier molecular flexibility index (Phi) is 12.8. The second kappa shape index (κ2) is 15.7. The quantitative estimate of drug-likeness (QED) is 0.240. The molecule has 14 heteroatoms. The van der Waals surface area contributed by atoms with E-state index >= 15 is 0 Å². The number of alkyl halides is 3. The van der Waals surface area contributed by atoms with E-state index < -0.39 is 40.9 Å². The first kappa shape index (κ1) is 36.7. The third kappa shape index (κ3) is 10.3. The number of unbranched alkanes of at least 4 members (excludes halogenated alkanes) is 5. The number of anilines is 1. The van der Waals surface area contributed by atoms with E-state index in [2.05, 4.69) is 10.3 Å². The molecule has 0 saturated carbocycles. The predicted octanol–water partition coefficient (Wildman–Crippen LogP) is 4.36. The fourth-order valence-electron chi connectivity index (χ4n) is 5.77. The zero-order valence-corrected chi connectivity index (χ0v) is 27.0. The van der Waals surface area contributed by atoms with Crippen molar-refractivity contribution < 1.29 is 41.4 Å². The molecular weight excluding hydrogens is 613 g/mol. The Morgan fingerprint density at radius 2 is 1.69 bits per heavy atom. The van der Waals surface area contributed by atoms with Crippen molar-refractivity contribution in [2.75, 3.05) is 31.1 Å². The van der Waals surface area contributed by atoms with Gasteiger partial charge in [-0.1, -0.05) is 25.7 Å². The van der Waals surface area contributed by atoms with Gasteiger partial charge in [0.2, 0.25) is 15.9 Å². The zero-order valence-electron chi connectivity index (χ0n) is 26.2. The summed E-state index contributed by atoms with van der Waals surface area (Å²) in [7, 11) is -3.80. The number of aryl methyl sites for hydroxylation is 2. The Labute approximate surface area is 263 Å². The minimum atomic E-state index is -4.10. The number of nitrogens with one attached hydrogen (secondary N) is 1. The molecule has 0 radical (unpaired) electrons. The molecule has 2 heterocycles. The summed E-state index contributed by atoms with van der Waals surface area (Å²) in [5.74, 6) is 0.0467. The third-order valence-corrected chi connectivity index (χ3v) is 9.91. The second-order valence-electron chi connectivity index (χ2n) is 12.0. The van der Waals surface area contributed by atoms with E-state index in [0.29, 0.717) is 29.9 Å². The second-order valence-corrected chi connectivity index (χ2v) is 13.8. The number of aliphatic imine (C=N–C) groups is 1. The smallest absolute Gasteiger partial charge is 0.389 e. The molecule has 0 unspecified atom stereocenters. The topological polar surface area (TPSA) is 140 Å². The van der Waals surface area contributed by atoms with Crippen LogP contribution in [-0.2, 0) is 19.6 Å². The monoisotopic (exact) mass is 658 g/mol. The van der Waals surface area contributed by atoms with Gasteiger partial charge in [0, 0.05) is 44.0 Å². The van der Waals surface area contributed by atoms with Crippen LogP contribution in [0.3, 0.4) is 0 Å². The lowest BCUT2D eigenvalue weighted by atomic mass is 9.89. The summed E-state index contributed by atoms with van der Waals surface area (Å²) in [5.41, 5.74) is 1.67. The van der Waals surface area contributed by atoms with Gasteiger partial charge in [0.1, 0.15) is 11.4 Å². The number of carbonyl (C=O) groups is 2. The maximum atomic E-state index is 13.2. The molecule has 45 heavy (non-hydrogen) atoms. The first-order valence-corrected chi connectivity index (χ1v) is 16.9. The van der Waals surface area contributed by atoms with Crippen molar-refractivity contribution in [3.63, 3.8) is 0 Å². The van der Waals surface area contributed by atoms with Gasteiger partial charge in [-0.2, -0.15) is 17.5 Å². The maximum absolute atomic E-state index is 13.2. The molecule has 0 aliphatic carbocycles. The number of aliphatic hydroxyl groups is 2. The summed E-state index contributed by atoms with van der Waals surface area (Å²) in [4.78, 5) is 31.0. The first-order chi connectivity index (χ1) is 21.1. The molecule has 3 N–H and O–H groups in total. The highest BCUT2D eigenvalue weighted by atomic mass is 32.2. The van der Waals surface area contributed by atoms with Crippen molar-refractivity contribution in [1.82, 2.24) is 9.62 Å². The largest absolute Gasteiger partial charge is 0.394 e. The van der Waals surface area contributed by atoms with Crippen LogP contribution in [0.15, 0.2) is 22.5 Å². The Hall–Kier alpha value is -2.81. The molecule has 2 aliphatic heterocycles.